The number of ketones is 1. The van der Waals surface area contributed by atoms with E-state index in [1.54, 1.807) is 24.3 Å². The van der Waals surface area contributed by atoms with E-state index in [9.17, 15) is 15.2 Å². The molecule has 1 aromatic heterocycles. The maximum absolute atomic E-state index is 13.6. The molecule has 148 valence electrons. The van der Waals surface area contributed by atoms with Gasteiger partial charge in [-0.15, -0.1) is 0 Å². The number of rotatable bonds is 3. The van der Waals surface area contributed by atoms with Gasteiger partial charge in [0.05, 0.1) is 22.0 Å². The van der Waals surface area contributed by atoms with Crippen molar-refractivity contribution in [3.05, 3.63) is 102 Å². The Labute approximate surface area is 179 Å². The molecule has 4 nitrogen and oxygen atoms in total. The molecule has 0 aliphatic rings. The van der Waals surface area contributed by atoms with Crippen LogP contribution in [0.5, 0.6) is 5.75 Å². The molecule has 0 bridgehead atoms. The van der Waals surface area contributed by atoms with Crippen LogP contribution in [0.4, 0.5) is 0 Å². The molecular weight excluding hydrogens is 384 g/mol. The lowest BCUT2D eigenvalue weighted by Gasteiger charge is -2.16. The first-order valence-electron chi connectivity index (χ1n) is 9.94. The molecule has 0 aliphatic heterocycles. The molecule has 0 spiro atoms. The van der Waals surface area contributed by atoms with Crippen molar-refractivity contribution in [3.8, 4) is 22.9 Å². The maximum atomic E-state index is 13.6. The summed E-state index contributed by atoms with van der Waals surface area (Å²) in [5, 5.41) is 23.1. The van der Waals surface area contributed by atoms with Crippen LogP contribution >= 0.6 is 0 Å². The molecule has 0 atom stereocenters. The smallest absolute Gasteiger partial charge is 0.197 e. The summed E-state index contributed by atoms with van der Waals surface area (Å²) in [5.41, 5.74) is 3.64. The maximum Gasteiger partial charge on any atom is 0.197 e. The number of carbonyl (C=O) groups is 1. The van der Waals surface area contributed by atoms with Crippen LogP contribution in [-0.4, -0.2) is 15.5 Å². The van der Waals surface area contributed by atoms with Gasteiger partial charge in [-0.05, 0) is 11.6 Å². The summed E-state index contributed by atoms with van der Waals surface area (Å²) in [6.45, 7) is 0. The summed E-state index contributed by atoms with van der Waals surface area (Å²) >= 11 is 0. The van der Waals surface area contributed by atoms with Gasteiger partial charge in [0.15, 0.2) is 5.78 Å². The normalized spacial score (nSPS) is 11.0. The molecule has 0 amide bonds. The zero-order chi connectivity index (χ0) is 21.5. The number of aryl methyl sites for hydroxylation is 1. The number of hydrogen-bond donors (Lipinski definition) is 1. The van der Waals surface area contributed by atoms with Gasteiger partial charge in [0, 0.05) is 29.1 Å². The highest BCUT2D eigenvalue weighted by molar-refractivity contribution is 6.23. The van der Waals surface area contributed by atoms with E-state index in [1.165, 1.54) is 0 Å². The Morgan fingerprint density at radius 2 is 1.52 bits per heavy atom. The zero-order valence-corrected chi connectivity index (χ0v) is 16.8. The van der Waals surface area contributed by atoms with Gasteiger partial charge >= 0.3 is 0 Å². The Morgan fingerprint density at radius 1 is 0.903 bits per heavy atom. The number of phenolic OH excluding ortho intramolecular Hbond substituents is 1. The van der Waals surface area contributed by atoms with Gasteiger partial charge in [-0.3, -0.25) is 4.79 Å². The average Bonchev–Trinajstić information content (AvgIpc) is 3.13. The van der Waals surface area contributed by atoms with E-state index in [1.807, 2.05) is 72.3 Å². The second-order valence-electron chi connectivity index (χ2n) is 7.45. The Morgan fingerprint density at radius 3 is 2.19 bits per heavy atom. The lowest BCUT2D eigenvalue weighted by atomic mass is 9.87. The summed E-state index contributed by atoms with van der Waals surface area (Å²) < 4.78 is 1.91. The van der Waals surface area contributed by atoms with Gasteiger partial charge in [0.1, 0.15) is 11.8 Å². The van der Waals surface area contributed by atoms with Crippen molar-refractivity contribution >= 4 is 27.6 Å². The lowest BCUT2D eigenvalue weighted by Crippen LogP contribution is -2.07. The fourth-order valence-electron chi connectivity index (χ4n) is 4.37. The fourth-order valence-corrected chi connectivity index (χ4v) is 4.37. The van der Waals surface area contributed by atoms with E-state index >= 15 is 0 Å². The van der Waals surface area contributed by atoms with E-state index in [-0.39, 0.29) is 17.1 Å². The quantitative estimate of drug-likeness (QED) is 0.388. The number of nitrogens with zero attached hydrogens (tertiary/aromatic N) is 2. The number of fused-ring (bicyclic) bond motifs is 3. The minimum atomic E-state index is -0.316. The number of carbonyl (C=O) groups excluding carboxylic acids is 1. The highest BCUT2D eigenvalue weighted by atomic mass is 16.3. The summed E-state index contributed by atoms with van der Waals surface area (Å²) in [4.78, 5) is 13.6. The predicted molar refractivity (Wildman–Crippen MR) is 122 cm³/mol. The number of phenols is 1. The van der Waals surface area contributed by atoms with E-state index in [4.69, 9.17) is 0 Å². The highest BCUT2D eigenvalue weighted by Gasteiger charge is 2.29. The van der Waals surface area contributed by atoms with Crippen molar-refractivity contribution in [1.29, 1.82) is 5.26 Å². The molecular formula is C27H18N2O2. The van der Waals surface area contributed by atoms with Crippen LogP contribution in [0.3, 0.4) is 0 Å². The number of nitriles is 1. The van der Waals surface area contributed by atoms with Crippen molar-refractivity contribution in [1.82, 2.24) is 4.57 Å². The Bertz CT molecular complexity index is 1510. The minimum Gasteiger partial charge on any atom is -0.506 e. The number of hydrogen-bond acceptors (Lipinski definition) is 3. The van der Waals surface area contributed by atoms with Crippen LogP contribution < -0.4 is 0 Å². The van der Waals surface area contributed by atoms with Crippen LogP contribution in [0.25, 0.3) is 32.9 Å². The van der Waals surface area contributed by atoms with Crippen LogP contribution in [-0.2, 0) is 7.05 Å². The van der Waals surface area contributed by atoms with Crippen molar-refractivity contribution in [2.45, 2.75) is 0 Å². The lowest BCUT2D eigenvalue weighted by molar-refractivity contribution is 0.103. The van der Waals surface area contributed by atoms with Gasteiger partial charge in [-0.2, -0.15) is 5.26 Å². The van der Waals surface area contributed by atoms with Crippen LogP contribution in [0, 0.1) is 11.3 Å². The summed E-state index contributed by atoms with van der Waals surface area (Å²) in [7, 11) is 1.87. The highest BCUT2D eigenvalue weighted by Crippen LogP contribution is 2.45. The fraction of sp³-hybridized carbons (Fsp3) is 0.0370. The first-order valence-corrected chi connectivity index (χ1v) is 9.94. The molecule has 5 rings (SSSR count). The molecule has 1 heterocycles. The van der Waals surface area contributed by atoms with E-state index in [0.29, 0.717) is 33.2 Å². The SMILES string of the molecule is Cn1c2ccccc2c2c(O)c(C(=O)c3ccccc3)c(-c3ccccc3)c(C#N)c21. The molecule has 5 aromatic rings. The average molecular weight is 402 g/mol. The Kier molecular flexibility index (Phi) is 4.31. The van der Waals surface area contributed by atoms with E-state index in [2.05, 4.69) is 6.07 Å². The third-order valence-corrected chi connectivity index (χ3v) is 5.75. The van der Waals surface area contributed by atoms with E-state index < -0.39 is 0 Å². The van der Waals surface area contributed by atoms with Crippen LogP contribution in [0.2, 0.25) is 0 Å². The third kappa shape index (κ3) is 2.72. The van der Waals surface area contributed by atoms with Crippen molar-refractivity contribution < 1.29 is 9.90 Å². The van der Waals surface area contributed by atoms with Crippen molar-refractivity contribution in [2.75, 3.05) is 0 Å². The number of para-hydroxylation sites is 1. The summed E-state index contributed by atoms with van der Waals surface area (Å²) in [6, 6.07) is 28.1. The van der Waals surface area contributed by atoms with Crippen molar-refractivity contribution in [2.24, 2.45) is 7.05 Å². The van der Waals surface area contributed by atoms with Crippen LogP contribution in [0.1, 0.15) is 21.5 Å². The first kappa shape index (κ1) is 18.7. The molecule has 0 unspecified atom stereocenters. The van der Waals surface area contributed by atoms with Crippen LogP contribution in [0.15, 0.2) is 84.9 Å². The monoisotopic (exact) mass is 402 g/mol. The van der Waals surface area contributed by atoms with Gasteiger partial charge in [-0.25, -0.2) is 0 Å². The predicted octanol–water partition coefficient (Wildman–Crippen LogP) is 5.81. The molecule has 4 heteroatoms. The largest absolute Gasteiger partial charge is 0.506 e. The molecule has 0 fully saturated rings. The number of aromatic hydroxyl groups is 1. The van der Waals surface area contributed by atoms with Gasteiger partial charge < -0.3 is 9.67 Å². The summed E-state index contributed by atoms with van der Waals surface area (Å²) in [5.74, 6) is -0.415. The van der Waals surface area contributed by atoms with Gasteiger partial charge in [0.25, 0.3) is 0 Å². The number of benzene rings is 4. The molecule has 0 saturated carbocycles. The standard InChI is InChI=1S/C27H18N2O2/c1-29-21-15-9-8-14-19(21)23-25(29)20(16-28)22(17-10-4-2-5-11-17)24(27(23)31)26(30)18-12-6-3-7-13-18/h2-15,31H,1H3. The third-order valence-electron chi connectivity index (χ3n) is 5.75. The molecule has 31 heavy (non-hydrogen) atoms. The molecule has 4 aromatic carbocycles. The topological polar surface area (TPSA) is 66.0 Å². The second kappa shape index (κ2) is 7.16. The Balaban J connectivity index is 2.02. The van der Waals surface area contributed by atoms with Gasteiger partial charge in [-0.1, -0.05) is 78.9 Å². The van der Waals surface area contributed by atoms with Gasteiger partial charge in [0.2, 0.25) is 0 Å². The molecule has 0 aliphatic carbocycles. The first-order chi connectivity index (χ1) is 15.1. The molecule has 0 radical (unpaired) electrons. The summed E-state index contributed by atoms with van der Waals surface area (Å²) in [6.07, 6.45) is 0. The van der Waals surface area contributed by atoms with E-state index in [0.717, 1.165) is 10.9 Å². The molecule has 1 N–H and O–H groups in total. The molecule has 0 saturated heterocycles. The van der Waals surface area contributed by atoms with Crippen molar-refractivity contribution in [3.63, 3.8) is 0 Å². The Hall–Kier alpha value is -4.36. The zero-order valence-electron chi connectivity index (χ0n) is 16.8. The number of aromatic nitrogens is 1. The second-order valence-corrected chi connectivity index (χ2v) is 7.45. The minimum absolute atomic E-state index is 0.0986.